The van der Waals surface area contributed by atoms with E-state index in [1.54, 1.807) is 6.92 Å². The van der Waals surface area contributed by atoms with Gasteiger partial charge >= 0.3 is 5.97 Å². The van der Waals surface area contributed by atoms with Crippen LogP contribution in [0.5, 0.6) is 0 Å². The molecule has 6 heteroatoms. The van der Waals surface area contributed by atoms with Gasteiger partial charge in [0.15, 0.2) is 0 Å². The van der Waals surface area contributed by atoms with Gasteiger partial charge in [-0.1, -0.05) is 0 Å². The van der Waals surface area contributed by atoms with Crippen LogP contribution in [0.25, 0.3) is 0 Å². The van der Waals surface area contributed by atoms with Gasteiger partial charge in [-0.2, -0.15) is 0 Å². The molecule has 0 atom stereocenters. The van der Waals surface area contributed by atoms with E-state index in [-0.39, 0.29) is 11.4 Å². The number of aromatic nitrogens is 2. The largest absolute Gasteiger partial charge is 0.477 e. The second-order valence-electron chi connectivity index (χ2n) is 3.53. The van der Waals surface area contributed by atoms with E-state index in [1.807, 2.05) is 19.0 Å². The molecule has 0 unspecified atom stereocenters. The maximum absolute atomic E-state index is 10.8. The molecule has 1 heterocycles. The highest BCUT2D eigenvalue weighted by atomic mass is 16.4. The summed E-state index contributed by atoms with van der Waals surface area (Å²) in [6.07, 6.45) is 0. The third kappa shape index (κ3) is 2.63. The molecule has 0 saturated heterocycles. The summed E-state index contributed by atoms with van der Waals surface area (Å²) in [6, 6.07) is 0. The molecular weight excluding hydrogens is 196 g/mol. The lowest BCUT2D eigenvalue weighted by Crippen LogP contribution is -2.17. The van der Waals surface area contributed by atoms with Gasteiger partial charge in [0.2, 0.25) is 0 Å². The van der Waals surface area contributed by atoms with E-state index in [0.717, 1.165) is 0 Å². The Morgan fingerprint density at radius 1 is 1.47 bits per heavy atom. The first-order chi connectivity index (χ1) is 6.91. The van der Waals surface area contributed by atoms with Gasteiger partial charge in [0.25, 0.3) is 0 Å². The standard InChI is InChI=1S/C9H14N4O2/c1-5-7(9(14)15)8(10)12-6(11-5)4-13(2)3/h4H2,1-3H3,(H,14,15)(H2,10,11,12). The first-order valence-electron chi connectivity index (χ1n) is 4.43. The van der Waals surface area contributed by atoms with E-state index >= 15 is 0 Å². The van der Waals surface area contributed by atoms with E-state index in [4.69, 9.17) is 10.8 Å². The maximum Gasteiger partial charge on any atom is 0.341 e. The summed E-state index contributed by atoms with van der Waals surface area (Å²) in [5, 5.41) is 8.85. The molecule has 1 aromatic heterocycles. The molecule has 0 amide bonds. The Bertz CT molecular complexity index is 367. The van der Waals surface area contributed by atoms with Crippen LogP contribution in [0.15, 0.2) is 0 Å². The molecule has 0 aliphatic carbocycles. The first-order valence-corrected chi connectivity index (χ1v) is 4.43. The smallest absolute Gasteiger partial charge is 0.341 e. The highest BCUT2D eigenvalue weighted by Crippen LogP contribution is 2.13. The fourth-order valence-corrected chi connectivity index (χ4v) is 1.27. The Kier molecular flexibility index (Phi) is 3.21. The zero-order chi connectivity index (χ0) is 11.6. The third-order valence-corrected chi connectivity index (χ3v) is 1.84. The van der Waals surface area contributed by atoms with E-state index in [9.17, 15) is 4.79 Å². The maximum atomic E-state index is 10.8. The molecule has 82 valence electrons. The molecule has 6 nitrogen and oxygen atoms in total. The minimum absolute atomic E-state index is 0.0162. The second-order valence-corrected chi connectivity index (χ2v) is 3.53. The summed E-state index contributed by atoms with van der Waals surface area (Å²) < 4.78 is 0. The number of nitrogens with two attached hydrogens (primary N) is 1. The Hall–Kier alpha value is -1.69. The highest BCUT2D eigenvalue weighted by molar-refractivity contribution is 5.93. The van der Waals surface area contributed by atoms with Crippen molar-refractivity contribution in [3.8, 4) is 0 Å². The van der Waals surface area contributed by atoms with Crippen molar-refractivity contribution in [1.29, 1.82) is 0 Å². The highest BCUT2D eigenvalue weighted by Gasteiger charge is 2.15. The average Bonchev–Trinajstić information content (AvgIpc) is 1.99. The second kappa shape index (κ2) is 4.22. The van der Waals surface area contributed by atoms with E-state index < -0.39 is 5.97 Å². The number of carboxylic acids is 1. The third-order valence-electron chi connectivity index (χ3n) is 1.84. The van der Waals surface area contributed by atoms with E-state index in [1.165, 1.54) is 0 Å². The fraction of sp³-hybridized carbons (Fsp3) is 0.444. The van der Waals surface area contributed by atoms with Crippen LogP contribution in [-0.4, -0.2) is 40.0 Å². The van der Waals surface area contributed by atoms with Gasteiger partial charge in [-0.25, -0.2) is 14.8 Å². The molecule has 0 radical (unpaired) electrons. The van der Waals surface area contributed by atoms with Crippen LogP contribution >= 0.6 is 0 Å². The number of hydrogen-bond acceptors (Lipinski definition) is 5. The quantitative estimate of drug-likeness (QED) is 0.736. The topological polar surface area (TPSA) is 92.3 Å². The van der Waals surface area contributed by atoms with Gasteiger partial charge in [0.05, 0.1) is 12.2 Å². The lowest BCUT2D eigenvalue weighted by atomic mass is 10.2. The summed E-state index contributed by atoms with van der Waals surface area (Å²) in [5.41, 5.74) is 5.93. The van der Waals surface area contributed by atoms with Crippen LogP contribution in [-0.2, 0) is 6.54 Å². The van der Waals surface area contributed by atoms with Gasteiger partial charge < -0.3 is 15.7 Å². The number of anilines is 1. The first kappa shape index (κ1) is 11.4. The molecule has 0 aliphatic heterocycles. The molecule has 0 fully saturated rings. The minimum atomic E-state index is -1.10. The van der Waals surface area contributed by atoms with Crippen molar-refractivity contribution in [2.24, 2.45) is 0 Å². The van der Waals surface area contributed by atoms with E-state index in [2.05, 4.69) is 9.97 Å². The summed E-state index contributed by atoms with van der Waals surface area (Å²) >= 11 is 0. The van der Waals surface area contributed by atoms with Gasteiger partial charge in [-0.15, -0.1) is 0 Å². The predicted molar refractivity (Wildman–Crippen MR) is 55.5 cm³/mol. The van der Waals surface area contributed by atoms with Gasteiger partial charge in [0, 0.05) is 0 Å². The normalized spacial score (nSPS) is 10.7. The predicted octanol–water partition coefficient (Wildman–Crippen LogP) is 0.127. The average molecular weight is 210 g/mol. The van der Waals surface area contributed by atoms with Crippen molar-refractivity contribution in [1.82, 2.24) is 14.9 Å². The fourth-order valence-electron chi connectivity index (χ4n) is 1.27. The van der Waals surface area contributed by atoms with Crippen LogP contribution in [0, 0.1) is 6.92 Å². The van der Waals surface area contributed by atoms with Gasteiger partial charge in [0.1, 0.15) is 17.2 Å². The number of rotatable bonds is 3. The number of nitrogens with zero attached hydrogens (tertiary/aromatic N) is 3. The zero-order valence-electron chi connectivity index (χ0n) is 8.98. The van der Waals surface area contributed by atoms with Crippen LogP contribution in [0.3, 0.4) is 0 Å². The monoisotopic (exact) mass is 210 g/mol. The summed E-state index contributed by atoms with van der Waals surface area (Å²) in [6.45, 7) is 2.14. The van der Waals surface area contributed by atoms with Crippen molar-refractivity contribution >= 4 is 11.8 Å². The molecule has 0 bridgehead atoms. The molecule has 0 spiro atoms. The van der Waals surface area contributed by atoms with Crippen molar-refractivity contribution in [3.05, 3.63) is 17.1 Å². The van der Waals surface area contributed by atoms with Crippen LogP contribution in [0.1, 0.15) is 21.9 Å². The molecule has 0 aliphatic rings. The van der Waals surface area contributed by atoms with Gasteiger partial charge in [-0.3, -0.25) is 0 Å². The lowest BCUT2D eigenvalue weighted by molar-refractivity contribution is 0.0696. The number of aromatic carboxylic acids is 1. The molecule has 0 aromatic carbocycles. The summed E-state index contributed by atoms with van der Waals surface area (Å²) in [4.78, 5) is 20.7. The molecule has 1 aromatic rings. The Morgan fingerprint density at radius 2 is 2.07 bits per heavy atom. The molecular formula is C9H14N4O2. The number of carbonyl (C=O) groups is 1. The van der Waals surface area contributed by atoms with Gasteiger partial charge in [-0.05, 0) is 21.0 Å². The zero-order valence-corrected chi connectivity index (χ0v) is 8.98. The summed E-state index contributed by atoms with van der Waals surface area (Å²) in [5.74, 6) is -0.548. The number of hydrogen-bond donors (Lipinski definition) is 2. The Morgan fingerprint density at radius 3 is 2.47 bits per heavy atom. The van der Waals surface area contributed by atoms with Crippen molar-refractivity contribution in [2.45, 2.75) is 13.5 Å². The van der Waals surface area contributed by atoms with Crippen LogP contribution < -0.4 is 5.73 Å². The lowest BCUT2D eigenvalue weighted by Gasteiger charge is -2.10. The van der Waals surface area contributed by atoms with Crippen molar-refractivity contribution in [2.75, 3.05) is 19.8 Å². The van der Waals surface area contributed by atoms with Crippen LogP contribution in [0.2, 0.25) is 0 Å². The molecule has 15 heavy (non-hydrogen) atoms. The van der Waals surface area contributed by atoms with E-state index in [0.29, 0.717) is 18.1 Å². The SMILES string of the molecule is Cc1nc(CN(C)C)nc(N)c1C(=O)O. The Labute approximate surface area is 87.8 Å². The molecule has 0 saturated carbocycles. The summed E-state index contributed by atoms with van der Waals surface area (Å²) in [7, 11) is 3.75. The number of nitrogen functional groups attached to an aromatic ring is 1. The van der Waals surface area contributed by atoms with Crippen molar-refractivity contribution < 1.29 is 9.90 Å². The van der Waals surface area contributed by atoms with Crippen molar-refractivity contribution in [3.63, 3.8) is 0 Å². The molecule has 3 N–H and O–H groups in total. The minimum Gasteiger partial charge on any atom is -0.477 e. The van der Waals surface area contributed by atoms with Crippen LogP contribution in [0.4, 0.5) is 5.82 Å². The number of aryl methyl sites for hydroxylation is 1. The number of carboxylic acid groups (broad SMARTS) is 1. The Balaban J connectivity index is 3.14. The molecule has 1 rings (SSSR count).